The summed E-state index contributed by atoms with van der Waals surface area (Å²) < 4.78 is 5.54. The Kier molecular flexibility index (Phi) is 6.62. The van der Waals surface area contributed by atoms with Crippen molar-refractivity contribution in [3.8, 4) is 0 Å². The Morgan fingerprint density at radius 1 is 1.08 bits per heavy atom. The molecule has 0 bridgehead atoms. The van der Waals surface area contributed by atoms with Crippen LogP contribution in [0.5, 0.6) is 0 Å². The molecule has 5 heteroatoms. The molecule has 0 aromatic carbocycles. The highest BCUT2D eigenvalue weighted by Crippen LogP contribution is 2.32. The van der Waals surface area contributed by atoms with Gasteiger partial charge in [-0.1, -0.05) is 13.8 Å². The van der Waals surface area contributed by atoms with Crippen molar-refractivity contribution in [1.82, 2.24) is 5.32 Å². The van der Waals surface area contributed by atoms with E-state index in [1.54, 1.807) is 6.92 Å². The minimum atomic E-state index is -1.25. The Hall–Kier alpha value is -0.940. The number of rotatable bonds is 7. The third kappa shape index (κ3) is 5.28. The lowest BCUT2D eigenvalue weighted by molar-refractivity contribution is -0.163. The molecule has 140 valence electrons. The summed E-state index contributed by atoms with van der Waals surface area (Å²) >= 11 is 0. The van der Waals surface area contributed by atoms with Crippen molar-refractivity contribution >= 4 is 11.8 Å². The fourth-order valence-corrected chi connectivity index (χ4v) is 3.11. The number of aliphatic hydroxyl groups is 1. The van der Waals surface area contributed by atoms with Crippen LogP contribution in [0, 0.1) is 5.92 Å². The number of carbonyl (C=O) groups excluding carboxylic acids is 2. The van der Waals surface area contributed by atoms with E-state index in [9.17, 15) is 14.7 Å². The second-order valence-corrected chi connectivity index (χ2v) is 8.53. The maximum atomic E-state index is 12.5. The molecule has 2 unspecified atom stereocenters. The lowest BCUT2D eigenvalue weighted by Gasteiger charge is -2.34. The first-order valence-corrected chi connectivity index (χ1v) is 9.12. The summed E-state index contributed by atoms with van der Waals surface area (Å²) in [6, 6.07) is 0.0871. The average molecular weight is 341 g/mol. The van der Waals surface area contributed by atoms with E-state index in [0.717, 1.165) is 12.8 Å². The lowest BCUT2D eigenvalue weighted by atomic mass is 9.87. The van der Waals surface area contributed by atoms with E-state index in [4.69, 9.17) is 4.74 Å². The third-order valence-corrected chi connectivity index (χ3v) is 5.10. The molecule has 1 aliphatic rings. The first-order valence-electron chi connectivity index (χ1n) is 9.12. The van der Waals surface area contributed by atoms with Gasteiger partial charge in [-0.15, -0.1) is 0 Å². The lowest BCUT2D eigenvalue weighted by Crippen LogP contribution is -2.55. The van der Waals surface area contributed by atoms with Gasteiger partial charge in [-0.25, -0.2) is 0 Å². The van der Waals surface area contributed by atoms with Gasteiger partial charge in [0.05, 0.1) is 0 Å². The van der Waals surface area contributed by atoms with Gasteiger partial charge in [0.25, 0.3) is 0 Å². The zero-order valence-corrected chi connectivity index (χ0v) is 16.4. The molecule has 2 N–H and O–H groups in total. The molecule has 0 aromatic rings. The van der Waals surface area contributed by atoms with Crippen molar-refractivity contribution in [2.75, 3.05) is 0 Å². The van der Waals surface area contributed by atoms with E-state index in [2.05, 4.69) is 5.32 Å². The van der Waals surface area contributed by atoms with Crippen LogP contribution in [0.2, 0.25) is 0 Å². The Bertz CT molecular complexity index is 466. The molecule has 0 heterocycles. The molecule has 1 rings (SSSR count). The van der Waals surface area contributed by atoms with Crippen molar-refractivity contribution in [3.05, 3.63) is 0 Å². The molecule has 1 saturated carbocycles. The van der Waals surface area contributed by atoms with Crippen LogP contribution in [0.3, 0.4) is 0 Å². The molecule has 0 radical (unpaired) electrons. The zero-order valence-electron chi connectivity index (χ0n) is 16.4. The van der Waals surface area contributed by atoms with Crippen LogP contribution in [0.25, 0.3) is 0 Å². The highest BCUT2D eigenvalue weighted by Gasteiger charge is 2.42. The molecule has 24 heavy (non-hydrogen) atoms. The first kappa shape index (κ1) is 21.1. The Morgan fingerprint density at radius 3 is 2.12 bits per heavy atom. The predicted octanol–water partition coefficient (Wildman–Crippen LogP) is 2.99. The van der Waals surface area contributed by atoms with Crippen LogP contribution in [-0.4, -0.2) is 39.6 Å². The summed E-state index contributed by atoms with van der Waals surface area (Å²) in [5, 5.41) is 13.6. The molecule has 0 saturated heterocycles. The second kappa shape index (κ2) is 7.52. The maximum absolute atomic E-state index is 12.5. The quantitative estimate of drug-likeness (QED) is 0.696. The Labute approximate surface area is 146 Å². The molecular weight excluding hydrogens is 306 g/mol. The summed E-state index contributed by atoms with van der Waals surface area (Å²) in [5.41, 5.74) is -2.54. The van der Waals surface area contributed by atoms with Crippen LogP contribution < -0.4 is 5.32 Å². The summed E-state index contributed by atoms with van der Waals surface area (Å²) in [4.78, 5) is 25.0. The van der Waals surface area contributed by atoms with Gasteiger partial charge in [0, 0.05) is 12.0 Å². The predicted molar refractivity (Wildman–Crippen MR) is 94.7 cm³/mol. The van der Waals surface area contributed by atoms with E-state index in [1.165, 1.54) is 0 Å². The average Bonchev–Trinajstić information content (AvgIpc) is 2.92. The molecule has 0 spiro atoms. The van der Waals surface area contributed by atoms with Crippen molar-refractivity contribution in [2.24, 2.45) is 5.92 Å². The van der Waals surface area contributed by atoms with Crippen LogP contribution in [0.4, 0.5) is 0 Å². The van der Waals surface area contributed by atoms with E-state index in [0.29, 0.717) is 19.3 Å². The Morgan fingerprint density at radius 2 is 1.67 bits per heavy atom. The van der Waals surface area contributed by atoms with Gasteiger partial charge < -0.3 is 9.84 Å². The fraction of sp³-hybridized carbons (Fsp3) is 0.895. The standard InChI is InChI=1S/C19H35NO4/c1-8-18(6,16(22)24-17(3,4)5)20-14-11-10-13(12-14)15(21)19(7,23)9-2/h13-14,20,23H,8-12H2,1-7H3/t13-,14-,18?,19?/m0/s1. The molecule has 4 atom stereocenters. The normalized spacial score (nSPS) is 26.5. The SMILES string of the molecule is CCC(C)(O)C(=O)[C@H]1CC[C@H](NC(C)(CC)C(=O)OC(C)(C)C)C1. The molecule has 1 fully saturated rings. The molecule has 1 aliphatic carbocycles. The zero-order chi connectivity index (χ0) is 18.8. The van der Waals surface area contributed by atoms with Crippen molar-refractivity contribution in [1.29, 1.82) is 0 Å². The first-order chi connectivity index (χ1) is 10.8. The van der Waals surface area contributed by atoms with Crippen LogP contribution in [0.1, 0.15) is 80.6 Å². The number of hydrogen-bond acceptors (Lipinski definition) is 5. The van der Waals surface area contributed by atoms with Gasteiger partial charge in [0.1, 0.15) is 16.7 Å². The molecule has 0 aliphatic heterocycles. The molecule has 5 nitrogen and oxygen atoms in total. The largest absolute Gasteiger partial charge is 0.459 e. The van der Waals surface area contributed by atoms with Gasteiger partial charge in [0.15, 0.2) is 5.78 Å². The summed E-state index contributed by atoms with van der Waals surface area (Å²) in [5.74, 6) is -0.477. The fourth-order valence-electron chi connectivity index (χ4n) is 3.11. The number of ketones is 1. The van der Waals surface area contributed by atoms with E-state index < -0.39 is 16.7 Å². The molecule has 0 amide bonds. The summed E-state index contributed by atoms with van der Waals surface area (Å²) in [7, 11) is 0. The van der Waals surface area contributed by atoms with Gasteiger partial charge in [-0.05, 0) is 66.7 Å². The second-order valence-electron chi connectivity index (χ2n) is 8.53. The van der Waals surface area contributed by atoms with Gasteiger partial charge in [-0.3, -0.25) is 14.9 Å². The highest BCUT2D eigenvalue weighted by atomic mass is 16.6. The number of ether oxygens (including phenoxy) is 1. The van der Waals surface area contributed by atoms with Gasteiger partial charge in [0.2, 0.25) is 0 Å². The van der Waals surface area contributed by atoms with Crippen molar-refractivity contribution in [3.63, 3.8) is 0 Å². The smallest absolute Gasteiger partial charge is 0.326 e. The van der Waals surface area contributed by atoms with E-state index in [-0.39, 0.29) is 23.7 Å². The van der Waals surface area contributed by atoms with Gasteiger partial charge >= 0.3 is 5.97 Å². The van der Waals surface area contributed by atoms with Crippen LogP contribution in [0.15, 0.2) is 0 Å². The Balaban J connectivity index is 2.72. The van der Waals surface area contributed by atoms with Crippen LogP contribution >= 0.6 is 0 Å². The molecular formula is C19H35NO4. The maximum Gasteiger partial charge on any atom is 0.326 e. The number of esters is 1. The third-order valence-electron chi connectivity index (χ3n) is 5.10. The van der Waals surface area contributed by atoms with Crippen molar-refractivity contribution in [2.45, 2.75) is 103 Å². The summed E-state index contributed by atoms with van der Waals surface area (Å²) in [6.07, 6.45) is 3.28. The summed E-state index contributed by atoms with van der Waals surface area (Å²) in [6.45, 7) is 12.8. The number of Topliss-reactive ketones (excluding diaryl/α,β-unsaturated/α-hetero) is 1. The van der Waals surface area contributed by atoms with E-state index in [1.807, 2.05) is 41.5 Å². The topological polar surface area (TPSA) is 75.6 Å². The number of carbonyl (C=O) groups is 2. The monoisotopic (exact) mass is 341 g/mol. The minimum Gasteiger partial charge on any atom is -0.459 e. The van der Waals surface area contributed by atoms with Crippen molar-refractivity contribution < 1.29 is 19.4 Å². The number of nitrogens with one attached hydrogen (secondary N) is 1. The number of hydrogen-bond donors (Lipinski definition) is 2. The highest BCUT2D eigenvalue weighted by molar-refractivity contribution is 5.89. The van der Waals surface area contributed by atoms with E-state index >= 15 is 0 Å². The van der Waals surface area contributed by atoms with Gasteiger partial charge in [-0.2, -0.15) is 0 Å². The molecule has 0 aromatic heterocycles. The minimum absolute atomic E-state index is 0.0789. The van der Waals surface area contributed by atoms with Crippen LogP contribution in [-0.2, 0) is 14.3 Å².